The maximum Gasteiger partial charge on any atom is 0.225 e. The Kier molecular flexibility index (Phi) is 5.09. The summed E-state index contributed by atoms with van der Waals surface area (Å²) in [6, 6.07) is 11.8. The van der Waals surface area contributed by atoms with Crippen LogP contribution in [0.25, 0.3) is 10.1 Å². The molecule has 4 rings (SSSR count). The quantitative estimate of drug-likeness (QED) is 0.720. The van der Waals surface area contributed by atoms with E-state index in [1.165, 1.54) is 10.1 Å². The molecule has 26 heavy (non-hydrogen) atoms. The SMILES string of the molecule is O=C(NCc1ccccc1Cl)[C@@H]1CCCN(c2nccc3sccc23)C1. The predicted molar refractivity (Wildman–Crippen MR) is 108 cm³/mol. The fourth-order valence-corrected chi connectivity index (χ4v) is 4.46. The van der Waals surface area contributed by atoms with Crippen molar-refractivity contribution in [2.24, 2.45) is 5.92 Å². The number of pyridine rings is 1. The summed E-state index contributed by atoms with van der Waals surface area (Å²) in [7, 11) is 0. The van der Waals surface area contributed by atoms with Crippen molar-refractivity contribution in [1.82, 2.24) is 10.3 Å². The Labute approximate surface area is 161 Å². The third-order valence-electron chi connectivity index (χ3n) is 4.86. The summed E-state index contributed by atoms with van der Waals surface area (Å²) in [6.45, 7) is 2.11. The van der Waals surface area contributed by atoms with Crippen LogP contribution >= 0.6 is 22.9 Å². The van der Waals surface area contributed by atoms with Crippen LogP contribution in [0.4, 0.5) is 5.82 Å². The van der Waals surface area contributed by atoms with E-state index < -0.39 is 0 Å². The van der Waals surface area contributed by atoms with Crippen LogP contribution < -0.4 is 10.2 Å². The van der Waals surface area contributed by atoms with Gasteiger partial charge < -0.3 is 10.2 Å². The van der Waals surface area contributed by atoms with Gasteiger partial charge in [0.05, 0.1) is 5.92 Å². The van der Waals surface area contributed by atoms with Crippen molar-refractivity contribution < 1.29 is 4.79 Å². The number of halogens is 1. The van der Waals surface area contributed by atoms with E-state index in [1.54, 1.807) is 11.3 Å². The molecule has 0 unspecified atom stereocenters. The third kappa shape index (κ3) is 3.55. The first kappa shape index (κ1) is 17.3. The third-order valence-corrected chi connectivity index (χ3v) is 6.11. The van der Waals surface area contributed by atoms with Crippen LogP contribution in [0.2, 0.25) is 5.02 Å². The van der Waals surface area contributed by atoms with Crippen LogP contribution in [0, 0.1) is 5.92 Å². The molecule has 1 aliphatic heterocycles. The molecule has 0 bridgehead atoms. The molecule has 1 atom stereocenters. The van der Waals surface area contributed by atoms with Gasteiger partial charge in [0, 0.05) is 40.9 Å². The van der Waals surface area contributed by atoms with E-state index in [0.717, 1.165) is 30.8 Å². The van der Waals surface area contributed by atoms with Crippen molar-refractivity contribution in [1.29, 1.82) is 0 Å². The van der Waals surface area contributed by atoms with Crippen LogP contribution in [0.15, 0.2) is 48.0 Å². The largest absolute Gasteiger partial charge is 0.355 e. The highest BCUT2D eigenvalue weighted by molar-refractivity contribution is 7.17. The first-order valence-corrected chi connectivity index (χ1v) is 10.1. The number of amides is 1. The minimum Gasteiger partial charge on any atom is -0.355 e. The molecule has 1 aliphatic rings. The molecule has 1 N–H and O–H groups in total. The highest BCUT2D eigenvalue weighted by Crippen LogP contribution is 2.31. The number of hydrogen-bond acceptors (Lipinski definition) is 4. The zero-order chi connectivity index (χ0) is 17.9. The zero-order valence-electron chi connectivity index (χ0n) is 14.3. The van der Waals surface area contributed by atoms with E-state index in [1.807, 2.05) is 36.5 Å². The lowest BCUT2D eigenvalue weighted by atomic mass is 9.96. The zero-order valence-corrected chi connectivity index (χ0v) is 15.9. The number of fused-ring (bicyclic) bond motifs is 1. The summed E-state index contributed by atoms with van der Waals surface area (Å²) >= 11 is 7.90. The minimum atomic E-state index is -0.0260. The molecular weight excluding hydrogens is 366 g/mol. The molecule has 1 saturated heterocycles. The molecular formula is C20H20ClN3OS. The fraction of sp³-hybridized carbons (Fsp3) is 0.300. The van der Waals surface area contributed by atoms with Gasteiger partial charge in [0.15, 0.2) is 0 Å². The summed E-state index contributed by atoms with van der Waals surface area (Å²) < 4.78 is 1.24. The minimum absolute atomic E-state index is 0.0260. The molecule has 2 aromatic heterocycles. The van der Waals surface area contributed by atoms with Crippen LogP contribution in [0.5, 0.6) is 0 Å². The molecule has 4 nitrogen and oxygen atoms in total. The van der Waals surface area contributed by atoms with E-state index in [9.17, 15) is 4.79 Å². The van der Waals surface area contributed by atoms with Gasteiger partial charge >= 0.3 is 0 Å². The predicted octanol–water partition coefficient (Wildman–Crippen LogP) is 4.48. The molecule has 0 saturated carbocycles. The highest BCUT2D eigenvalue weighted by Gasteiger charge is 2.27. The van der Waals surface area contributed by atoms with Gasteiger partial charge in [0.25, 0.3) is 0 Å². The number of carbonyl (C=O) groups excluding carboxylic acids is 1. The number of anilines is 1. The Morgan fingerprint density at radius 2 is 2.19 bits per heavy atom. The molecule has 1 fully saturated rings. The van der Waals surface area contributed by atoms with Gasteiger partial charge in [-0.05, 0) is 42.0 Å². The van der Waals surface area contributed by atoms with Crippen molar-refractivity contribution in [2.75, 3.05) is 18.0 Å². The molecule has 0 aliphatic carbocycles. The van der Waals surface area contributed by atoms with Crippen molar-refractivity contribution in [3.8, 4) is 0 Å². The van der Waals surface area contributed by atoms with Crippen molar-refractivity contribution in [3.05, 3.63) is 58.6 Å². The number of benzene rings is 1. The lowest BCUT2D eigenvalue weighted by Gasteiger charge is -2.33. The summed E-state index contributed by atoms with van der Waals surface area (Å²) in [5.41, 5.74) is 0.944. The first-order chi connectivity index (χ1) is 12.7. The lowest BCUT2D eigenvalue weighted by Crippen LogP contribution is -2.43. The molecule has 1 aromatic carbocycles. The molecule has 134 valence electrons. The number of carbonyl (C=O) groups is 1. The smallest absolute Gasteiger partial charge is 0.225 e. The second kappa shape index (κ2) is 7.64. The van der Waals surface area contributed by atoms with E-state index in [0.29, 0.717) is 18.1 Å². The summed E-state index contributed by atoms with van der Waals surface area (Å²) in [4.78, 5) is 19.5. The highest BCUT2D eigenvalue weighted by atomic mass is 35.5. The van der Waals surface area contributed by atoms with Gasteiger partial charge in [0.1, 0.15) is 5.82 Å². The number of thiophene rings is 1. The van der Waals surface area contributed by atoms with Gasteiger partial charge in [-0.15, -0.1) is 11.3 Å². The lowest BCUT2D eigenvalue weighted by molar-refractivity contribution is -0.125. The maximum absolute atomic E-state index is 12.7. The van der Waals surface area contributed by atoms with E-state index in [-0.39, 0.29) is 11.8 Å². The monoisotopic (exact) mass is 385 g/mol. The van der Waals surface area contributed by atoms with Crippen molar-refractivity contribution >= 4 is 44.7 Å². The molecule has 3 heterocycles. The van der Waals surface area contributed by atoms with Crippen LogP contribution in [0.1, 0.15) is 18.4 Å². The summed E-state index contributed by atoms with van der Waals surface area (Å²) in [6.07, 6.45) is 3.76. The fourth-order valence-electron chi connectivity index (χ4n) is 3.48. The Bertz CT molecular complexity index is 926. The normalized spacial score (nSPS) is 17.4. The molecule has 1 amide bonds. The number of aromatic nitrogens is 1. The number of nitrogens with one attached hydrogen (secondary N) is 1. The van der Waals surface area contributed by atoms with Gasteiger partial charge in [-0.25, -0.2) is 4.98 Å². The first-order valence-electron chi connectivity index (χ1n) is 8.80. The number of nitrogens with zero attached hydrogens (tertiary/aromatic N) is 2. The number of hydrogen-bond donors (Lipinski definition) is 1. The number of rotatable bonds is 4. The van der Waals surface area contributed by atoms with Crippen molar-refractivity contribution in [2.45, 2.75) is 19.4 Å². The molecule has 6 heteroatoms. The van der Waals surface area contributed by atoms with Gasteiger partial charge in [-0.2, -0.15) is 0 Å². The average Bonchev–Trinajstić information content (AvgIpc) is 3.16. The average molecular weight is 386 g/mol. The Hall–Kier alpha value is -2.11. The standard InChI is InChI=1S/C20H20ClN3OS/c21-17-6-2-1-4-14(17)12-23-20(25)15-5-3-10-24(13-15)19-16-8-11-26-18(16)7-9-22-19/h1-2,4,6-9,11,15H,3,5,10,12-13H2,(H,23,25)/t15-/m1/s1. The van der Waals surface area contributed by atoms with E-state index >= 15 is 0 Å². The molecule has 0 spiro atoms. The second-order valence-electron chi connectivity index (χ2n) is 6.56. The molecule has 3 aromatic rings. The summed E-state index contributed by atoms with van der Waals surface area (Å²) in [5, 5.41) is 7.00. The van der Waals surface area contributed by atoms with Crippen LogP contribution in [0.3, 0.4) is 0 Å². The van der Waals surface area contributed by atoms with Gasteiger partial charge in [-0.3, -0.25) is 4.79 Å². The molecule has 0 radical (unpaired) electrons. The van der Waals surface area contributed by atoms with Gasteiger partial charge in [-0.1, -0.05) is 29.8 Å². The van der Waals surface area contributed by atoms with Crippen molar-refractivity contribution in [3.63, 3.8) is 0 Å². The van der Waals surface area contributed by atoms with E-state index in [2.05, 4.69) is 26.6 Å². The van der Waals surface area contributed by atoms with Gasteiger partial charge in [0.2, 0.25) is 5.91 Å². The van der Waals surface area contributed by atoms with E-state index in [4.69, 9.17) is 11.6 Å². The van der Waals surface area contributed by atoms with Crippen LogP contribution in [-0.4, -0.2) is 24.0 Å². The Morgan fingerprint density at radius 1 is 1.31 bits per heavy atom. The van der Waals surface area contributed by atoms with Crippen LogP contribution in [-0.2, 0) is 11.3 Å². The Balaban J connectivity index is 1.44. The second-order valence-corrected chi connectivity index (χ2v) is 7.92. The number of piperidine rings is 1. The Morgan fingerprint density at radius 3 is 3.08 bits per heavy atom. The topological polar surface area (TPSA) is 45.2 Å². The summed E-state index contributed by atoms with van der Waals surface area (Å²) in [5.74, 6) is 1.06. The maximum atomic E-state index is 12.7.